The van der Waals surface area contributed by atoms with Crippen LogP contribution in [0.15, 0.2) is 47.6 Å². The summed E-state index contributed by atoms with van der Waals surface area (Å²) in [5, 5.41) is 0. The Morgan fingerprint density at radius 3 is 2.67 bits per heavy atom. The van der Waals surface area contributed by atoms with Gasteiger partial charge >= 0.3 is 0 Å². The van der Waals surface area contributed by atoms with Crippen LogP contribution in [0, 0.1) is 0 Å². The number of hydrogen-bond donors (Lipinski definition) is 1. The van der Waals surface area contributed by atoms with Crippen LogP contribution in [0.3, 0.4) is 0 Å². The van der Waals surface area contributed by atoms with Crippen molar-refractivity contribution in [3.05, 3.63) is 47.6 Å². The van der Waals surface area contributed by atoms with Crippen molar-refractivity contribution in [3.63, 3.8) is 0 Å². The molecular formula is C13H19NS. The lowest BCUT2D eigenvalue weighted by Crippen LogP contribution is -2.38. The molecule has 0 amide bonds. The van der Waals surface area contributed by atoms with Gasteiger partial charge in [-0.2, -0.15) is 0 Å². The topological polar surface area (TPSA) is 12.0 Å². The fourth-order valence-corrected chi connectivity index (χ4v) is 2.30. The van der Waals surface area contributed by atoms with Crippen LogP contribution in [0.1, 0.15) is 20.8 Å². The average molecular weight is 221 g/mol. The first-order valence-corrected chi connectivity index (χ1v) is 6.33. The predicted octanol–water partition coefficient (Wildman–Crippen LogP) is 3.63. The van der Waals surface area contributed by atoms with Gasteiger partial charge in [-0.3, -0.25) is 0 Å². The smallest absolute Gasteiger partial charge is 0.0863 e. The molecule has 0 bridgehead atoms. The molecule has 1 rings (SSSR count). The van der Waals surface area contributed by atoms with Crippen molar-refractivity contribution in [1.29, 1.82) is 0 Å². The van der Waals surface area contributed by atoms with Gasteiger partial charge in [0.1, 0.15) is 0 Å². The Hall–Kier alpha value is -0.730. The zero-order valence-corrected chi connectivity index (χ0v) is 10.7. The minimum Gasteiger partial charge on any atom is -0.247 e. The number of nitrogens with one attached hydrogen (secondary N) is 1. The molecule has 1 aliphatic rings. The lowest BCUT2D eigenvalue weighted by molar-refractivity contribution is 0.704. The molecule has 1 unspecified atom stereocenters. The summed E-state index contributed by atoms with van der Waals surface area (Å²) in [6, 6.07) is 0. The Morgan fingerprint density at radius 2 is 2.07 bits per heavy atom. The molecule has 0 aromatic rings. The zero-order valence-electron chi connectivity index (χ0n) is 9.87. The van der Waals surface area contributed by atoms with Gasteiger partial charge < -0.3 is 0 Å². The molecule has 0 aliphatic heterocycles. The van der Waals surface area contributed by atoms with E-state index in [9.17, 15) is 0 Å². The summed E-state index contributed by atoms with van der Waals surface area (Å²) in [6.07, 6.45) is 14.9. The molecular weight excluding hydrogens is 202 g/mol. The summed E-state index contributed by atoms with van der Waals surface area (Å²) >= 11 is 1.65. The van der Waals surface area contributed by atoms with E-state index in [0.29, 0.717) is 0 Å². The maximum atomic E-state index is 3.46. The zero-order chi connectivity index (χ0) is 11.3. The maximum Gasteiger partial charge on any atom is 0.0863 e. The van der Waals surface area contributed by atoms with Gasteiger partial charge in [0, 0.05) is 0 Å². The fraction of sp³-hybridized carbons (Fsp3) is 0.385. The SMILES string of the molecule is CSNC1(C=C(C)C)C=CC=CC=C1C. The molecule has 1 aliphatic carbocycles. The second-order valence-electron chi connectivity index (χ2n) is 3.99. The highest BCUT2D eigenvalue weighted by Crippen LogP contribution is 2.26. The van der Waals surface area contributed by atoms with Crippen molar-refractivity contribution in [2.75, 3.05) is 6.26 Å². The molecule has 2 heteroatoms. The summed E-state index contributed by atoms with van der Waals surface area (Å²) in [7, 11) is 0. The summed E-state index contributed by atoms with van der Waals surface area (Å²) < 4.78 is 3.46. The van der Waals surface area contributed by atoms with Crippen molar-refractivity contribution < 1.29 is 0 Å². The molecule has 0 fully saturated rings. The summed E-state index contributed by atoms with van der Waals surface area (Å²) in [5.74, 6) is 0. The predicted molar refractivity (Wildman–Crippen MR) is 70.8 cm³/mol. The normalized spacial score (nSPS) is 24.7. The Labute approximate surface area is 97.2 Å². The van der Waals surface area contributed by atoms with Crippen molar-refractivity contribution in [1.82, 2.24) is 4.72 Å². The Kier molecular flexibility index (Phi) is 4.43. The van der Waals surface area contributed by atoms with Crippen LogP contribution >= 0.6 is 11.9 Å². The maximum absolute atomic E-state index is 3.46. The van der Waals surface area contributed by atoms with Crippen LogP contribution in [0.25, 0.3) is 0 Å². The van der Waals surface area contributed by atoms with Gasteiger partial charge in [-0.25, -0.2) is 4.72 Å². The Balaban J connectivity index is 3.14. The minimum absolute atomic E-state index is 0.137. The highest BCUT2D eigenvalue weighted by Gasteiger charge is 2.25. The first-order valence-electron chi connectivity index (χ1n) is 5.10. The Morgan fingerprint density at radius 1 is 1.33 bits per heavy atom. The summed E-state index contributed by atoms with van der Waals surface area (Å²) in [5.41, 5.74) is 2.49. The highest BCUT2D eigenvalue weighted by molar-refractivity contribution is 7.96. The van der Waals surface area contributed by atoms with E-state index >= 15 is 0 Å². The third kappa shape index (κ3) is 3.11. The van der Waals surface area contributed by atoms with Gasteiger partial charge in [-0.15, -0.1) is 0 Å². The molecule has 0 aromatic heterocycles. The minimum atomic E-state index is -0.137. The van der Waals surface area contributed by atoms with Gasteiger partial charge in [-0.1, -0.05) is 54.0 Å². The second-order valence-corrected chi connectivity index (χ2v) is 4.60. The van der Waals surface area contributed by atoms with E-state index in [1.54, 1.807) is 11.9 Å². The van der Waals surface area contributed by atoms with E-state index < -0.39 is 0 Å². The lowest BCUT2D eigenvalue weighted by Gasteiger charge is -2.29. The van der Waals surface area contributed by atoms with Gasteiger partial charge in [0.15, 0.2) is 0 Å². The molecule has 0 saturated carbocycles. The average Bonchev–Trinajstić information content (AvgIpc) is 2.30. The molecule has 0 saturated heterocycles. The van der Waals surface area contributed by atoms with Crippen LogP contribution in [0.2, 0.25) is 0 Å². The number of allylic oxidation sites excluding steroid dienone is 5. The first kappa shape index (κ1) is 12.3. The van der Waals surface area contributed by atoms with Gasteiger partial charge in [0.05, 0.1) is 5.54 Å². The standard InChI is InChI=1S/C13H19NS/c1-11(2)10-13(14-15-4)9-7-5-6-8-12(13)3/h5-10,14H,1-4H3. The van der Waals surface area contributed by atoms with Crippen LogP contribution < -0.4 is 4.72 Å². The summed E-state index contributed by atoms with van der Waals surface area (Å²) in [6.45, 7) is 6.41. The van der Waals surface area contributed by atoms with Crippen molar-refractivity contribution in [3.8, 4) is 0 Å². The second kappa shape index (κ2) is 5.38. The quantitative estimate of drug-likeness (QED) is 0.577. The van der Waals surface area contributed by atoms with Gasteiger partial charge in [0.25, 0.3) is 0 Å². The highest BCUT2D eigenvalue weighted by atomic mass is 32.2. The molecule has 1 N–H and O–H groups in total. The molecule has 1 nitrogen and oxygen atoms in total. The van der Waals surface area contributed by atoms with Crippen LogP contribution in [0.5, 0.6) is 0 Å². The van der Waals surface area contributed by atoms with E-state index in [4.69, 9.17) is 0 Å². The van der Waals surface area contributed by atoms with Crippen molar-refractivity contribution in [2.24, 2.45) is 0 Å². The summed E-state index contributed by atoms with van der Waals surface area (Å²) in [4.78, 5) is 0. The monoisotopic (exact) mass is 221 g/mol. The molecule has 0 spiro atoms. The fourth-order valence-electron chi connectivity index (χ4n) is 1.67. The number of rotatable bonds is 3. The third-order valence-corrected chi connectivity index (χ3v) is 2.91. The third-order valence-electron chi connectivity index (χ3n) is 2.37. The largest absolute Gasteiger partial charge is 0.247 e. The first-order chi connectivity index (χ1) is 7.10. The number of hydrogen-bond acceptors (Lipinski definition) is 2. The van der Waals surface area contributed by atoms with Crippen molar-refractivity contribution >= 4 is 11.9 Å². The van der Waals surface area contributed by atoms with Gasteiger partial charge in [-0.05, 0) is 32.6 Å². The van der Waals surface area contributed by atoms with E-state index in [1.807, 2.05) is 0 Å². The van der Waals surface area contributed by atoms with E-state index in [2.05, 4.69) is 68.2 Å². The molecule has 15 heavy (non-hydrogen) atoms. The van der Waals surface area contributed by atoms with Crippen LogP contribution in [-0.2, 0) is 0 Å². The molecule has 0 aromatic carbocycles. The van der Waals surface area contributed by atoms with Crippen molar-refractivity contribution in [2.45, 2.75) is 26.3 Å². The van der Waals surface area contributed by atoms with Gasteiger partial charge in [0.2, 0.25) is 0 Å². The van der Waals surface area contributed by atoms with E-state index in [0.717, 1.165) is 0 Å². The van der Waals surface area contributed by atoms with E-state index in [1.165, 1.54) is 11.1 Å². The molecule has 0 radical (unpaired) electrons. The van der Waals surface area contributed by atoms with Crippen LogP contribution in [-0.4, -0.2) is 11.8 Å². The van der Waals surface area contributed by atoms with E-state index in [-0.39, 0.29) is 5.54 Å². The molecule has 1 atom stereocenters. The lowest BCUT2D eigenvalue weighted by atomic mass is 9.89. The Bertz CT molecular complexity index is 332. The van der Waals surface area contributed by atoms with Crippen LogP contribution in [0.4, 0.5) is 0 Å². The molecule has 0 heterocycles. The molecule has 82 valence electrons.